The van der Waals surface area contributed by atoms with Crippen molar-refractivity contribution < 1.29 is 145 Å². The molecule has 3 N–H and O–H groups in total. The van der Waals surface area contributed by atoms with Crippen LogP contribution in [0, 0.1) is 0 Å². The van der Waals surface area contributed by atoms with Crippen LogP contribution in [0.4, 0.5) is 23.3 Å². The van der Waals surface area contributed by atoms with E-state index in [4.69, 9.17) is 16.2 Å². The van der Waals surface area contributed by atoms with Gasteiger partial charge in [-0.15, -0.1) is 0 Å². The second kappa shape index (κ2) is 17.0. The summed E-state index contributed by atoms with van der Waals surface area (Å²) < 4.78 is 130. The van der Waals surface area contributed by atoms with Crippen LogP contribution in [0.2, 0.25) is 5.28 Å². The number of hydrogen-bond acceptors (Lipinski definition) is 17. The zero-order valence-electron chi connectivity index (χ0n) is 24.2. The fourth-order valence-corrected chi connectivity index (χ4v) is 6.67. The maximum absolute atomic E-state index is 12.4. The molecule has 3 aromatic carbocycles. The van der Waals surface area contributed by atoms with Gasteiger partial charge in [0.25, 0.3) is 0 Å². The van der Waals surface area contributed by atoms with Gasteiger partial charge in [0.15, 0.2) is 9.84 Å². The summed E-state index contributed by atoms with van der Waals surface area (Å²) in [6, 6.07) is 7.98. The van der Waals surface area contributed by atoms with Crippen LogP contribution >= 0.6 is 11.6 Å². The molecule has 0 amide bonds. The van der Waals surface area contributed by atoms with Crippen LogP contribution in [0.25, 0.3) is 10.8 Å². The van der Waals surface area contributed by atoms with Crippen molar-refractivity contribution in [1.29, 1.82) is 0 Å². The molecule has 1 aromatic heterocycles. The molecule has 18 nitrogen and oxygen atoms in total. The van der Waals surface area contributed by atoms with Gasteiger partial charge in [0, 0.05) is 11.1 Å². The average Bonchev–Trinajstić information content (AvgIpc) is 2.86. The summed E-state index contributed by atoms with van der Waals surface area (Å²) in [5, 5.41) is 16.0. The number of nitrogens with one attached hydrogen (secondary N) is 2. The standard InChI is InChI=1S/C21H18ClN5O13S4.3Na/c22-19-25-20(23-11-1-3-12(4-2-11)41(29,30)8-7-40-44(37,38)39)27-21(26-19)24-16-6-5-14-15(18(16)43(34,35)36)9-13(10-17(14)28)42(31,32)33;;;/h1-6,9-10,28H,7-8H2,(H,31,32,33)(H,34,35,36)(H,37,38,39)(H2,23,24,25,26,27);;;/q;3*+1/p-3. The normalized spacial score (nSPS) is 11.9. The number of hydrogen-bond donors (Lipinski definition) is 3. The summed E-state index contributed by atoms with van der Waals surface area (Å²) in [6.07, 6.45) is 0. The number of nitrogens with zero attached hydrogens (tertiary/aromatic N) is 3. The van der Waals surface area contributed by atoms with Gasteiger partial charge in [-0.1, -0.05) is 17.9 Å². The molecule has 0 radical (unpaired) electrons. The first-order chi connectivity index (χ1) is 20.2. The molecule has 0 aliphatic heterocycles. The molecule has 0 spiro atoms. The Kier molecular flexibility index (Phi) is 16.0. The summed E-state index contributed by atoms with van der Waals surface area (Å²) in [6.45, 7) is -0.830. The molecule has 4 aromatic rings. The Bertz CT molecular complexity index is 2230. The largest absolute Gasteiger partial charge is 1.00 e. The van der Waals surface area contributed by atoms with Gasteiger partial charge in [0.2, 0.25) is 17.2 Å². The van der Waals surface area contributed by atoms with Crippen LogP contribution < -0.4 is 104 Å². The third-order valence-corrected chi connectivity index (χ3v) is 9.55. The first kappa shape index (κ1) is 44.3. The van der Waals surface area contributed by atoms with Gasteiger partial charge < -0.3 is 24.8 Å². The van der Waals surface area contributed by atoms with E-state index in [9.17, 15) is 47.9 Å². The number of halogens is 1. The summed E-state index contributed by atoms with van der Waals surface area (Å²) in [7, 11) is -19.5. The monoisotopic (exact) mass is 777 g/mol. The van der Waals surface area contributed by atoms with E-state index in [1.165, 1.54) is 12.1 Å². The van der Waals surface area contributed by atoms with Crippen molar-refractivity contribution >= 4 is 86.1 Å². The zero-order chi connectivity index (χ0) is 32.7. The first-order valence-electron chi connectivity index (χ1n) is 11.3. The fourth-order valence-electron chi connectivity index (χ4n) is 3.68. The van der Waals surface area contributed by atoms with Crippen molar-refractivity contribution in [2.45, 2.75) is 14.7 Å². The van der Waals surface area contributed by atoms with Crippen LogP contribution in [0.5, 0.6) is 5.75 Å². The molecule has 236 valence electrons. The molecule has 4 rings (SSSR count). The van der Waals surface area contributed by atoms with E-state index < -0.39 is 90.7 Å². The third-order valence-electron chi connectivity index (χ3n) is 5.47. The van der Waals surface area contributed by atoms with E-state index in [1.807, 2.05) is 0 Å². The number of benzene rings is 3. The molecule has 0 saturated heterocycles. The van der Waals surface area contributed by atoms with E-state index >= 15 is 0 Å². The molecule has 0 aliphatic carbocycles. The Morgan fingerprint density at radius 1 is 0.745 bits per heavy atom. The summed E-state index contributed by atoms with van der Waals surface area (Å²) in [5.41, 5.74) is -0.303. The number of sulfone groups is 1. The van der Waals surface area contributed by atoms with Crippen LogP contribution in [-0.2, 0) is 44.7 Å². The number of anilines is 4. The van der Waals surface area contributed by atoms with Crippen molar-refractivity contribution in [3.8, 4) is 5.75 Å². The molecule has 0 saturated carbocycles. The van der Waals surface area contributed by atoms with Crippen LogP contribution in [0.15, 0.2) is 63.2 Å². The predicted octanol–water partition coefficient (Wildman–Crippen LogP) is -8.35. The molecule has 26 heteroatoms. The smallest absolute Gasteiger partial charge is 0.872 e. The minimum atomic E-state index is -5.42. The van der Waals surface area contributed by atoms with E-state index in [1.54, 1.807) is 0 Å². The molecule has 0 aliphatic rings. The van der Waals surface area contributed by atoms with Gasteiger partial charge in [0.1, 0.15) is 20.2 Å². The predicted molar refractivity (Wildman–Crippen MR) is 147 cm³/mol. The van der Waals surface area contributed by atoms with Crippen molar-refractivity contribution in [2.75, 3.05) is 23.0 Å². The van der Waals surface area contributed by atoms with Gasteiger partial charge in [-0.3, -0.25) is 4.55 Å². The van der Waals surface area contributed by atoms with Crippen LogP contribution in [0.1, 0.15) is 0 Å². The Balaban J connectivity index is 0.00000368. The molecule has 0 bridgehead atoms. The Morgan fingerprint density at radius 3 is 1.85 bits per heavy atom. The SMILES string of the molecule is O=S(=O)(O)OCCS(=O)(=O)c1ccc(Nc2nc(Cl)nc(Nc3ccc4c([O-])cc(S(=O)(=O)[O-])cc4c3S(=O)(=O)[O-])n2)cc1.[Na+].[Na+].[Na+]. The summed E-state index contributed by atoms with van der Waals surface area (Å²) in [5.74, 6) is -2.51. The van der Waals surface area contributed by atoms with Gasteiger partial charge in [-0.05, 0) is 53.4 Å². The van der Waals surface area contributed by atoms with Crippen molar-refractivity contribution in [2.24, 2.45) is 0 Å². The molecule has 0 atom stereocenters. The van der Waals surface area contributed by atoms with E-state index in [0.717, 1.165) is 24.3 Å². The summed E-state index contributed by atoms with van der Waals surface area (Å²) >= 11 is 5.95. The quantitative estimate of drug-likeness (QED) is 0.0941. The van der Waals surface area contributed by atoms with E-state index in [2.05, 4.69) is 29.8 Å². The second-order valence-electron chi connectivity index (χ2n) is 8.46. The number of rotatable bonds is 11. The number of aromatic nitrogens is 3. The second-order valence-corrected chi connectivity index (χ2v) is 14.7. The van der Waals surface area contributed by atoms with Gasteiger partial charge in [0.05, 0.1) is 32.7 Å². The van der Waals surface area contributed by atoms with Crippen molar-refractivity contribution in [3.63, 3.8) is 0 Å². The molecule has 0 fully saturated rings. The van der Waals surface area contributed by atoms with Crippen LogP contribution in [-0.4, -0.2) is 74.6 Å². The Morgan fingerprint density at radius 2 is 1.32 bits per heavy atom. The minimum absolute atomic E-state index is 0. The van der Waals surface area contributed by atoms with Gasteiger partial charge in [-0.25, -0.2) is 29.4 Å². The van der Waals surface area contributed by atoms with E-state index in [0.29, 0.717) is 12.1 Å². The minimum Gasteiger partial charge on any atom is -0.872 e. The zero-order valence-corrected chi connectivity index (χ0v) is 34.3. The molecule has 1 heterocycles. The van der Waals surface area contributed by atoms with Crippen molar-refractivity contribution in [3.05, 3.63) is 53.8 Å². The molecular formula is C21H15ClN5Na3O13S4. The molecule has 47 heavy (non-hydrogen) atoms. The molecule has 0 unspecified atom stereocenters. The van der Waals surface area contributed by atoms with Gasteiger partial charge in [-0.2, -0.15) is 23.4 Å². The van der Waals surface area contributed by atoms with E-state index in [-0.39, 0.29) is 111 Å². The fraction of sp³-hybridized carbons (Fsp3) is 0.0952. The number of fused-ring (bicyclic) bond motifs is 1. The third kappa shape index (κ3) is 11.9. The Labute approximate surface area is 339 Å². The topological polar surface area (TPSA) is 298 Å². The summed E-state index contributed by atoms with van der Waals surface area (Å²) in [4.78, 5) is 9.23. The Hall–Kier alpha value is -0.740. The average molecular weight is 778 g/mol. The van der Waals surface area contributed by atoms with Crippen LogP contribution in [0.3, 0.4) is 0 Å². The van der Waals surface area contributed by atoms with Gasteiger partial charge >= 0.3 is 99.1 Å². The maximum atomic E-state index is 12.4. The molecular weight excluding hydrogens is 763 g/mol. The van der Waals surface area contributed by atoms with Crippen molar-refractivity contribution in [1.82, 2.24) is 15.0 Å². The maximum Gasteiger partial charge on any atom is 1.00 e. The first-order valence-corrected chi connectivity index (χ1v) is 17.5.